The predicted molar refractivity (Wildman–Crippen MR) is 69.9 cm³/mol. The Morgan fingerprint density at radius 3 is 2.31 bits per heavy atom. The first-order chi connectivity index (χ1) is 7.58. The smallest absolute Gasteiger partial charge is 0.113 e. The van der Waals surface area contributed by atoms with Gasteiger partial charge in [0.2, 0.25) is 0 Å². The van der Waals surface area contributed by atoms with E-state index in [-0.39, 0.29) is 0 Å². The molecule has 16 heavy (non-hydrogen) atoms. The summed E-state index contributed by atoms with van der Waals surface area (Å²) >= 11 is 18.8. The quantitative estimate of drug-likeness (QED) is 0.844. The molecule has 1 unspecified atom stereocenters. The van der Waals surface area contributed by atoms with E-state index in [0.29, 0.717) is 19.9 Å². The maximum Gasteiger partial charge on any atom is 0.113 e. The van der Waals surface area contributed by atoms with Gasteiger partial charge in [0.1, 0.15) is 6.10 Å². The third kappa shape index (κ3) is 2.53. The van der Waals surface area contributed by atoms with Crippen LogP contribution in [0.15, 0.2) is 30.3 Å². The molecule has 5 heteroatoms. The standard InChI is InChI=1S/C11H7Cl3OS/c12-7-2-1-6(5-8(7)13)11(15)9-3-4-10(14)16-9/h1-5,11,15H. The third-order valence-corrected chi connectivity index (χ3v) is 4.15. The molecule has 1 nitrogen and oxygen atoms in total. The van der Waals surface area contributed by atoms with Gasteiger partial charge in [0, 0.05) is 4.88 Å². The summed E-state index contributed by atoms with van der Waals surface area (Å²) in [6.45, 7) is 0. The van der Waals surface area contributed by atoms with Crippen LogP contribution in [0.1, 0.15) is 16.5 Å². The third-order valence-electron chi connectivity index (χ3n) is 2.12. The van der Waals surface area contributed by atoms with Crippen LogP contribution in [0.5, 0.6) is 0 Å². The molecule has 0 aliphatic carbocycles. The maximum absolute atomic E-state index is 10.1. The molecular formula is C11H7Cl3OS. The first kappa shape index (κ1) is 12.2. The first-order valence-electron chi connectivity index (χ1n) is 4.46. The van der Waals surface area contributed by atoms with Crippen LogP contribution in [-0.2, 0) is 0 Å². The fraction of sp³-hybridized carbons (Fsp3) is 0.0909. The minimum atomic E-state index is -0.715. The molecule has 0 aliphatic heterocycles. The Labute approximate surface area is 112 Å². The van der Waals surface area contributed by atoms with E-state index in [2.05, 4.69) is 0 Å². The summed E-state index contributed by atoms with van der Waals surface area (Å²) in [5.41, 5.74) is 0.702. The summed E-state index contributed by atoms with van der Waals surface area (Å²) in [6, 6.07) is 8.61. The van der Waals surface area contributed by atoms with E-state index in [1.807, 2.05) is 0 Å². The van der Waals surface area contributed by atoms with Crippen molar-refractivity contribution in [1.82, 2.24) is 0 Å². The Balaban J connectivity index is 2.33. The van der Waals surface area contributed by atoms with Gasteiger partial charge in [-0.15, -0.1) is 11.3 Å². The molecule has 0 bridgehead atoms. The predicted octanol–water partition coefficient (Wildman–Crippen LogP) is 4.79. The second kappa shape index (κ2) is 4.94. The van der Waals surface area contributed by atoms with E-state index in [9.17, 15) is 5.11 Å². The number of hydrogen-bond acceptors (Lipinski definition) is 2. The zero-order valence-electron chi connectivity index (χ0n) is 7.95. The molecule has 1 heterocycles. The molecule has 0 fully saturated rings. The van der Waals surface area contributed by atoms with E-state index < -0.39 is 6.10 Å². The largest absolute Gasteiger partial charge is 0.383 e. The van der Waals surface area contributed by atoms with Crippen LogP contribution in [0.2, 0.25) is 14.4 Å². The van der Waals surface area contributed by atoms with Crippen molar-refractivity contribution in [3.05, 3.63) is 55.2 Å². The van der Waals surface area contributed by atoms with Crippen molar-refractivity contribution in [2.45, 2.75) is 6.10 Å². The van der Waals surface area contributed by atoms with Crippen molar-refractivity contribution < 1.29 is 5.11 Å². The van der Waals surface area contributed by atoms with Crippen molar-refractivity contribution in [3.63, 3.8) is 0 Å². The SMILES string of the molecule is OC(c1ccc(Cl)c(Cl)c1)c1ccc(Cl)s1. The molecule has 0 saturated heterocycles. The number of aliphatic hydroxyl groups excluding tert-OH is 1. The highest BCUT2D eigenvalue weighted by molar-refractivity contribution is 7.16. The lowest BCUT2D eigenvalue weighted by Gasteiger charge is -2.09. The van der Waals surface area contributed by atoms with Crippen molar-refractivity contribution in [3.8, 4) is 0 Å². The van der Waals surface area contributed by atoms with Crippen LogP contribution in [0.25, 0.3) is 0 Å². The summed E-state index contributed by atoms with van der Waals surface area (Å²) in [7, 11) is 0. The molecule has 1 aromatic carbocycles. The second-order valence-corrected chi connectivity index (χ2v) is 5.78. The lowest BCUT2D eigenvalue weighted by Crippen LogP contribution is -1.96. The topological polar surface area (TPSA) is 20.2 Å². The lowest BCUT2D eigenvalue weighted by atomic mass is 10.1. The van der Waals surface area contributed by atoms with Crippen LogP contribution in [0.3, 0.4) is 0 Å². The Morgan fingerprint density at radius 1 is 1.00 bits per heavy atom. The van der Waals surface area contributed by atoms with E-state index in [1.54, 1.807) is 30.3 Å². The molecule has 0 spiro atoms. The van der Waals surface area contributed by atoms with Crippen LogP contribution in [-0.4, -0.2) is 5.11 Å². The van der Waals surface area contributed by atoms with Gasteiger partial charge < -0.3 is 5.11 Å². The number of hydrogen-bond donors (Lipinski definition) is 1. The summed E-state index contributed by atoms with van der Waals surface area (Å²) in [4.78, 5) is 0.781. The molecule has 84 valence electrons. The normalized spacial score (nSPS) is 12.8. The van der Waals surface area contributed by atoms with Gasteiger partial charge in [-0.25, -0.2) is 0 Å². The number of thiophene rings is 1. The highest BCUT2D eigenvalue weighted by Crippen LogP contribution is 2.33. The second-order valence-electron chi connectivity index (χ2n) is 3.22. The molecule has 0 saturated carbocycles. The molecule has 2 aromatic rings. The van der Waals surface area contributed by atoms with Crippen LogP contribution < -0.4 is 0 Å². The van der Waals surface area contributed by atoms with Gasteiger partial charge in [-0.2, -0.15) is 0 Å². The fourth-order valence-electron chi connectivity index (χ4n) is 1.32. The zero-order valence-corrected chi connectivity index (χ0v) is 11.0. The van der Waals surface area contributed by atoms with Crippen molar-refractivity contribution in [2.75, 3.05) is 0 Å². The van der Waals surface area contributed by atoms with Gasteiger partial charge in [0.25, 0.3) is 0 Å². The molecular weight excluding hydrogens is 287 g/mol. The monoisotopic (exact) mass is 292 g/mol. The number of halogens is 3. The average molecular weight is 294 g/mol. The first-order valence-corrected chi connectivity index (χ1v) is 6.41. The van der Waals surface area contributed by atoms with Gasteiger partial charge >= 0.3 is 0 Å². The Bertz CT molecular complexity index is 510. The van der Waals surface area contributed by atoms with Crippen LogP contribution in [0, 0.1) is 0 Å². The summed E-state index contributed by atoms with van der Waals surface area (Å²) in [5.74, 6) is 0. The number of aliphatic hydroxyl groups is 1. The Kier molecular flexibility index (Phi) is 3.77. The molecule has 1 aromatic heterocycles. The van der Waals surface area contributed by atoms with Gasteiger partial charge in [0.15, 0.2) is 0 Å². The van der Waals surface area contributed by atoms with Gasteiger partial charge in [-0.1, -0.05) is 40.9 Å². The van der Waals surface area contributed by atoms with E-state index in [1.165, 1.54) is 11.3 Å². The highest BCUT2D eigenvalue weighted by atomic mass is 35.5. The van der Waals surface area contributed by atoms with E-state index in [0.717, 1.165) is 4.88 Å². The minimum Gasteiger partial charge on any atom is -0.383 e. The van der Waals surface area contributed by atoms with E-state index >= 15 is 0 Å². The summed E-state index contributed by atoms with van der Waals surface area (Å²) in [5, 5.41) is 11.0. The van der Waals surface area contributed by atoms with Gasteiger partial charge in [-0.05, 0) is 29.8 Å². The van der Waals surface area contributed by atoms with E-state index in [4.69, 9.17) is 34.8 Å². The molecule has 2 rings (SSSR count). The van der Waals surface area contributed by atoms with Gasteiger partial charge in [-0.3, -0.25) is 0 Å². The van der Waals surface area contributed by atoms with Crippen molar-refractivity contribution in [1.29, 1.82) is 0 Å². The highest BCUT2D eigenvalue weighted by Gasteiger charge is 2.13. The van der Waals surface area contributed by atoms with Crippen LogP contribution in [0.4, 0.5) is 0 Å². The van der Waals surface area contributed by atoms with Crippen molar-refractivity contribution >= 4 is 46.1 Å². The fourth-order valence-corrected chi connectivity index (χ4v) is 2.70. The van der Waals surface area contributed by atoms with Gasteiger partial charge in [0.05, 0.1) is 14.4 Å². The summed E-state index contributed by atoms with van der Waals surface area (Å²) < 4.78 is 0.647. The van der Waals surface area contributed by atoms with Crippen LogP contribution >= 0.6 is 46.1 Å². The number of benzene rings is 1. The molecule has 0 aliphatic rings. The zero-order chi connectivity index (χ0) is 11.7. The molecule has 1 atom stereocenters. The summed E-state index contributed by atoms with van der Waals surface area (Å²) in [6.07, 6.45) is -0.715. The number of rotatable bonds is 2. The molecule has 0 amide bonds. The lowest BCUT2D eigenvalue weighted by molar-refractivity contribution is 0.224. The molecule has 0 radical (unpaired) electrons. The average Bonchev–Trinajstić information content (AvgIpc) is 2.68. The van der Waals surface area contributed by atoms with Crippen molar-refractivity contribution in [2.24, 2.45) is 0 Å². The molecule has 1 N–H and O–H groups in total. The Hall–Kier alpha value is -0.250. The minimum absolute atomic E-state index is 0.431. The maximum atomic E-state index is 10.1. The Morgan fingerprint density at radius 2 is 1.75 bits per heavy atom.